The third-order valence-corrected chi connectivity index (χ3v) is 7.74. The molecule has 2 aliphatic carbocycles. The van der Waals surface area contributed by atoms with Gasteiger partial charge in [-0.2, -0.15) is 0 Å². The zero-order chi connectivity index (χ0) is 20.6. The van der Waals surface area contributed by atoms with Gasteiger partial charge in [-0.3, -0.25) is 14.4 Å². The maximum Gasteiger partial charge on any atom is 0.246 e. The van der Waals surface area contributed by atoms with Crippen molar-refractivity contribution < 1.29 is 14.4 Å². The highest BCUT2D eigenvalue weighted by Crippen LogP contribution is 2.61. The van der Waals surface area contributed by atoms with Gasteiger partial charge in [0.25, 0.3) is 0 Å². The Morgan fingerprint density at radius 3 is 2.72 bits per heavy atom. The van der Waals surface area contributed by atoms with Crippen molar-refractivity contribution in [1.29, 1.82) is 0 Å². The van der Waals surface area contributed by atoms with E-state index >= 15 is 0 Å². The van der Waals surface area contributed by atoms with Crippen molar-refractivity contribution in [3.63, 3.8) is 0 Å². The number of amides is 3. The summed E-state index contributed by atoms with van der Waals surface area (Å²) in [6, 6.07) is -1.51. The van der Waals surface area contributed by atoms with Gasteiger partial charge in [0.2, 0.25) is 17.7 Å². The lowest BCUT2D eigenvalue weighted by Gasteiger charge is -2.38. The van der Waals surface area contributed by atoms with E-state index in [1.54, 1.807) is 0 Å². The normalized spacial score (nSPS) is 34.9. The topological polar surface area (TPSA) is 105 Å². The molecule has 2 saturated carbocycles. The van der Waals surface area contributed by atoms with Gasteiger partial charge in [-0.25, -0.2) is 0 Å². The molecule has 0 aromatic heterocycles. The molecule has 4 fully saturated rings. The zero-order valence-electron chi connectivity index (χ0n) is 17.6. The second-order valence-electron chi connectivity index (χ2n) is 9.71. The SMILES string of the molecule is CCC[C@H](N)C(=O)N[C@H]1CC2C[C@@]23CC[C@@H](C(=O)NCC2CCCCC2)N3C1=O. The third kappa shape index (κ3) is 3.90. The van der Waals surface area contributed by atoms with Gasteiger partial charge in [0.1, 0.15) is 12.1 Å². The number of nitrogens with one attached hydrogen (secondary N) is 2. The Kier molecular flexibility index (Phi) is 5.87. The number of carbonyl (C=O) groups excluding carboxylic acids is 3. The Morgan fingerprint density at radius 2 is 2.00 bits per heavy atom. The van der Waals surface area contributed by atoms with E-state index in [-0.39, 0.29) is 29.3 Å². The van der Waals surface area contributed by atoms with Crippen LogP contribution in [0.5, 0.6) is 0 Å². The molecule has 2 heterocycles. The first-order valence-electron chi connectivity index (χ1n) is 11.6. The highest BCUT2D eigenvalue weighted by molar-refractivity contribution is 5.95. The summed E-state index contributed by atoms with van der Waals surface area (Å²) >= 11 is 0. The van der Waals surface area contributed by atoms with Gasteiger partial charge in [-0.1, -0.05) is 32.6 Å². The van der Waals surface area contributed by atoms with Gasteiger partial charge in [0.15, 0.2) is 0 Å². The molecule has 4 aliphatic rings. The van der Waals surface area contributed by atoms with E-state index in [1.807, 2.05) is 11.8 Å². The number of piperidine rings is 1. The number of nitrogens with zero attached hydrogens (tertiary/aromatic N) is 1. The van der Waals surface area contributed by atoms with E-state index in [2.05, 4.69) is 10.6 Å². The van der Waals surface area contributed by atoms with Crippen LogP contribution in [0.25, 0.3) is 0 Å². The smallest absolute Gasteiger partial charge is 0.246 e. The highest BCUT2D eigenvalue weighted by Gasteiger charge is 2.69. The fourth-order valence-corrected chi connectivity index (χ4v) is 5.99. The molecule has 1 spiro atoms. The van der Waals surface area contributed by atoms with Crippen LogP contribution in [0.3, 0.4) is 0 Å². The molecule has 0 aromatic rings. The van der Waals surface area contributed by atoms with Crippen molar-refractivity contribution >= 4 is 17.7 Å². The van der Waals surface area contributed by atoms with Crippen molar-refractivity contribution in [3.05, 3.63) is 0 Å². The second kappa shape index (κ2) is 8.25. The van der Waals surface area contributed by atoms with E-state index in [1.165, 1.54) is 32.1 Å². The first kappa shape index (κ1) is 20.6. The number of rotatable bonds is 7. The minimum atomic E-state index is -0.577. The molecule has 0 radical (unpaired) electrons. The van der Waals surface area contributed by atoms with Gasteiger partial charge >= 0.3 is 0 Å². The van der Waals surface area contributed by atoms with Crippen LogP contribution in [0.15, 0.2) is 0 Å². The summed E-state index contributed by atoms with van der Waals surface area (Å²) in [5.74, 6) is 0.605. The van der Waals surface area contributed by atoms with Gasteiger partial charge in [0, 0.05) is 12.1 Å². The Balaban J connectivity index is 1.38. The van der Waals surface area contributed by atoms with Crippen LogP contribution in [0.4, 0.5) is 0 Å². The summed E-state index contributed by atoms with van der Waals surface area (Å²) in [6.45, 7) is 2.71. The van der Waals surface area contributed by atoms with Crippen molar-refractivity contribution in [2.75, 3.05) is 6.54 Å². The molecular weight excluding hydrogens is 368 g/mol. The summed E-state index contributed by atoms with van der Waals surface area (Å²) < 4.78 is 0. The molecule has 2 aliphatic heterocycles. The summed E-state index contributed by atoms with van der Waals surface area (Å²) in [6.07, 6.45) is 10.9. The maximum absolute atomic E-state index is 13.3. The van der Waals surface area contributed by atoms with Crippen LogP contribution in [-0.4, -0.2) is 52.8 Å². The lowest BCUT2D eigenvalue weighted by atomic mass is 9.89. The molecule has 4 N–H and O–H groups in total. The first-order chi connectivity index (χ1) is 14.0. The molecular formula is C22H36N4O3. The molecule has 29 heavy (non-hydrogen) atoms. The fourth-order valence-electron chi connectivity index (χ4n) is 5.99. The summed E-state index contributed by atoms with van der Waals surface area (Å²) in [5, 5.41) is 6.01. The van der Waals surface area contributed by atoms with E-state index in [0.29, 0.717) is 24.7 Å². The highest BCUT2D eigenvalue weighted by atomic mass is 16.2. The summed E-state index contributed by atoms with van der Waals surface area (Å²) in [7, 11) is 0. The predicted molar refractivity (Wildman–Crippen MR) is 110 cm³/mol. The second-order valence-corrected chi connectivity index (χ2v) is 9.71. The Labute approximate surface area is 173 Å². The van der Waals surface area contributed by atoms with Crippen molar-refractivity contribution in [2.24, 2.45) is 17.6 Å². The standard InChI is InChI=1S/C22H36N4O3/c1-2-6-16(23)19(27)25-17-11-15-12-22(15)10-9-18(26(22)21(17)29)20(28)24-13-14-7-4-3-5-8-14/h14-18H,2-13,23H2,1H3,(H,24,28)(H,25,27)/t15?,16-,17-,18-,22-/m0/s1. The van der Waals surface area contributed by atoms with Crippen LogP contribution in [0.1, 0.15) is 77.6 Å². The number of hydrogen-bond donors (Lipinski definition) is 3. The van der Waals surface area contributed by atoms with Gasteiger partial charge in [-0.15, -0.1) is 0 Å². The molecule has 7 nitrogen and oxygen atoms in total. The van der Waals surface area contributed by atoms with Crippen molar-refractivity contribution in [1.82, 2.24) is 15.5 Å². The third-order valence-electron chi connectivity index (χ3n) is 7.74. The van der Waals surface area contributed by atoms with E-state index in [0.717, 1.165) is 32.2 Å². The molecule has 3 amide bonds. The fraction of sp³-hybridized carbons (Fsp3) is 0.864. The van der Waals surface area contributed by atoms with Gasteiger partial charge in [-0.05, 0) is 56.8 Å². The van der Waals surface area contributed by atoms with Crippen LogP contribution >= 0.6 is 0 Å². The minimum absolute atomic E-state index is 0.0129. The van der Waals surface area contributed by atoms with Gasteiger partial charge in [0.05, 0.1) is 6.04 Å². The average Bonchev–Trinajstić information content (AvgIpc) is 3.28. The van der Waals surface area contributed by atoms with Crippen LogP contribution < -0.4 is 16.4 Å². The van der Waals surface area contributed by atoms with E-state index in [9.17, 15) is 14.4 Å². The monoisotopic (exact) mass is 404 g/mol. The Bertz CT molecular complexity index is 662. The van der Waals surface area contributed by atoms with Crippen LogP contribution in [0.2, 0.25) is 0 Å². The quantitative estimate of drug-likeness (QED) is 0.597. The van der Waals surface area contributed by atoms with Crippen molar-refractivity contribution in [3.8, 4) is 0 Å². The molecule has 1 unspecified atom stereocenters. The number of carbonyl (C=O) groups is 3. The van der Waals surface area contributed by atoms with E-state index < -0.39 is 12.1 Å². The average molecular weight is 405 g/mol. The molecule has 162 valence electrons. The first-order valence-corrected chi connectivity index (χ1v) is 11.6. The molecule has 0 bridgehead atoms. The molecule has 0 aromatic carbocycles. The van der Waals surface area contributed by atoms with E-state index in [4.69, 9.17) is 5.73 Å². The van der Waals surface area contributed by atoms with Crippen molar-refractivity contribution in [2.45, 2.75) is 101 Å². The number of nitrogens with two attached hydrogens (primary N) is 1. The maximum atomic E-state index is 13.3. The molecule has 7 heteroatoms. The number of hydrogen-bond acceptors (Lipinski definition) is 4. The lowest BCUT2D eigenvalue weighted by Crippen LogP contribution is -2.61. The summed E-state index contributed by atoms with van der Waals surface area (Å²) in [4.78, 5) is 40.4. The molecule has 2 saturated heterocycles. The predicted octanol–water partition coefficient (Wildman–Crippen LogP) is 1.45. The Morgan fingerprint density at radius 1 is 1.24 bits per heavy atom. The molecule has 4 rings (SSSR count). The lowest BCUT2D eigenvalue weighted by molar-refractivity contribution is -0.147. The Hall–Kier alpha value is -1.63. The zero-order valence-corrected chi connectivity index (χ0v) is 17.6. The largest absolute Gasteiger partial charge is 0.354 e. The minimum Gasteiger partial charge on any atom is -0.354 e. The summed E-state index contributed by atoms with van der Waals surface area (Å²) in [5.41, 5.74) is 5.80. The van der Waals surface area contributed by atoms with Gasteiger partial charge < -0.3 is 21.3 Å². The van der Waals surface area contributed by atoms with Crippen LogP contribution in [-0.2, 0) is 14.4 Å². The molecule has 5 atom stereocenters. The van der Waals surface area contributed by atoms with Crippen LogP contribution in [0, 0.1) is 11.8 Å².